The third kappa shape index (κ3) is 53.9. The number of hydrogen-bond donors (Lipinski definition) is 3. The van der Waals surface area contributed by atoms with Crippen LogP contribution in [0.3, 0.4) is 0 Å². The van der Waals surface area contributed by atoms with E-state index in [2.05, 4.69) is 19.2 Å². The van der Waals surface area contributed by atoms with Crippen LogP contribution < -0.4 is 5.32 Å². The van der Waals surface area contributed by atoms with E-state index < -0.39 is 12.1 Å². The summed E-state index contributed by atoms with van der Waals surface area (Å²) in [4.78, 5) is 24.6. The number of hydrogen-bond acceptors (Lipinski definition) is 5. The first-order chi connectivity index (χ1) is 33.5. The molecule has 68 heavy (non-hydrogen) atoms. The summed E-state index contributed by atoms with van der Waals surface area (Å²) in [5, 5.41) is 23.2. The molecule has 404 valence electrons. The standard InChI is InChI=1S/C62H121NO5/c1-3-5-7-9-11-13-15-17-19-21-22-23-24-25-27-28-30-34-38-42-46-50-54-60(65)59(58-64)63-61(66)55-51-47-43-39-35-32-33-37-41-45-49-53-57-68-62(67)56-52-48-44-40-36-31-29-26-20-18-16-14-12-10-8-6-4-2/h50,54,59-60,64-65H,3-49,51-53,55-58H2,1-2H3,(H,63,66)/b54-50+. The van der Waals surface area contributed by atoms with Gasteiger partial charge in [0.25, 0.3) is 0 Å². The number of rotatable bonds is 58. The van der Waals surface area contributed by atoms with Crippen LogP contribution in [0.4, 0.5) is 0 Å². The van der Waals surface area contributed by atoms with Crippen LogP contribution in [0.2, 0.25) is 0 Å². The Bertz CT molecular complexity index is 1020. The maximum Gasteiger partial charge on any atom is 0.305 e. The molecule has 0 bridgehead atoms. The predicted octanol–water partition coefficient (Wildman–Crippen LogP) is 19.2. The number of carbonyl (C=O) groups is 2. The van der Waals surface area contributed by atoms with E-state index in [4.69, 9.17) is 4.74 Å². The Morgan fingerprint density at radius 1 is 0.397 bits per heavy atom. The summed E-state index contributed by atoms with van der Waals surface area (Å²) >= 11 is 0. The molecule has 2 unspecified atom stereocenters. The van der Waals surface area contributed by atoms with Crippen LogP contribution in [0.15, 0.2) is 12.2 Å². The zero-order chi connectivity index (χ0) is 49.3. The van der Waals surface area contributed by atoms with Gasteiger partial charge in [0.1, 0.15) is 0 Å². The first-order valence-electron chi connectivity index (χ1n) is 31.0. The van der Waals surface area contributed by atoms with Gasteiger partial charge in [0.05, 0.1) is 25.4 Å². The Balaban J connectivity index is 3.46. The first-order valence-corrected chi connectivity index (χ1v) is 31.0. The molecule has 0 heterocycles. The molecule has 0 fully saturated rings. The second-order valence-electron chi connectivity index (χ2n) is 21.4. The Kier molecular flexibility index (Phi) is 57.0. The van der Waals surface area contributed by atoms with Crippen molar-refractivity contribution in [2.45, 2.75) is 360 Å². The molecule has 0 aromatic carbocycles. The fourth-order valence-corrected chi connectivity index (χ4v) is 9.81. The molecule has 0 saturated heterocycles. The van der Waals surface area contributed by atoms with Gasteiger partial charge in [-0.3, -0.25) is 9.59 Å². The van der Waals surface area contributed by atoms with E-state index in [9.17, 15) is 19.8 Å². The smallest absolute Gasteiger partial charge is 0.305 e. The van der Waals surface area contributed by atoms with E-state index in [0.29, 0.717) is 19.4 Å². The lowest BCUT2D eigenvalue weighted by Gasteiger charge is -2.20. The molecule has 0 spiro atoms. The first kappa shape index (κ1) is 66.6. The Morgan fingerprint density at radius 3 is 1.00 bits per heavy atom. The van der Waals surface area contributed by atoms with E-state index in [1.807, 2.05) is 6.08 Å². The molecule has 3 N–H and O–H groups in total. The lowest BCUT2D eigenvalue weighted by molar-refractivity contribution is -0.143. The van der Waals surface area contributed by atoms with Gasteiger partial charge in [0.15, 0.2) is 0 Å². The van der Waals surface area contributed by atoms with Gasteiger partial charge < -0.3 is 20.3 Å². The van der Waals surface area contributed by atoms with Crippen LogP contribution in [0.1, 0.15) is 348 Å². The summed E-state index contributed by atoms with van der Waals surface area (Å²) in [5.74, 6) is -0.0849. The normalized spacial score (nSPS) is 12.6. The molecular weight excluding hydrogens is 839 g/mol. The van der Waals surface area contributed by atoms with Gasteiger partial charge in [0, 0.05) is 12.8 Å². The molecule has 0 rings (SSSR count). The van der Waals surface area contributed by atoms with Crippen molar-refractivity contribution in [3.63, 3.8) is 0 Å². The van der Waals surface area contributed by atoms with Crippen molar-refractivity contribution < 1.29 is 24.5 Å². The largest absolute Gasteiger partial charge is 0.466 e. The van der Waals surface area contributed by atoms with Crippen LogP contribution in [0.25, 0.3) is 0 Å². The van der Waals surface area contributed by atoms with E-state index in [1.54, 1.807) is 6.08 Å². The predicted molar refractivity (Wildman–Crippen MR) is 297 cm³/mol. The van der Waals surface area contributed by atoms with E-state index >= 15 is 0 Å². The number of unbranched alkanes of at least 4 members (excludes halogenated alkanes) is 47. The van der Waals surface area contributed by atoms with Gasteiger partial charge in [-0.15, -0.1) is 0 Å². The minimum Gasteiger partial charge on any atom is -0.466 e. The van der Waals surface area contributed by atoms with Gasteiger partial charge in [0.2, 0.25) is 5.91 Å². The number of ether oxygens (including phenoxy) is 1. The molecule has 0 aliphatic heterocycles. The summed E-state index contributed by atoms with van der Waals surface area (Å²) in [6, 6.07) is -0.639. The second kappa shape index (κ2) is 58.2. The Morgan fingerprint density at radius 2 is 0.676 bits per heavy atom. The van der Waals surface area contributed by atoms with Crippen molar-refractivity contribution in [1.82, 2.24) is 5.32 Å². The fourth-order valence-electron chi connectivity index (χ4n) is 9.81. The molecule has 2 atom stereocenters. The van der Waals surface area contributed by atoms with Gasteiger partial charge in [-0.1, -0.05) is 315 Å². The van der Waals surface area contributed by atoms with E-state index in [-0.39, 0.29) is 18.5 Å². The van der Waals surface area contributed by atoms with Crippen molar-refractivity contribution in [3.05, 3.63) is 12.2 Å². The molecule has 0 saturated carbocycles. The molecule has 1 amide bonds. The van der Waals surface area contributed by atoms with E-state index in [1.165, 1.54) is 263 Å². The van der Waals surface area contributed by atoms with Crippen molar-refractivity contribution >= 4 is 11.9 Å². The SMILES string of the molecule is CCCCCCCCCCCCCCCCCCCCCC/C=C/C(O)C(CO)NC(=O)CCCCCCCCCCCCCCOC(=O)CCCCCCCCCCCCCCCCCCC. The number of aliphatic hydroxyl groups is 2. The number of nitrogens with one attached hydrogen (secondary N) is 1. The number of amides is 1. The summed E-state index contributed by atoms with van der Waals surface area (Å²) < 4.78 is 5.48. The van der Waals surface area contributed by atoms with Crippen molar-refractivity contribution in [2.75, 3.05) is 13.2 Å². The van der Waals surface area contributed by atoms with Gasteiger partial charge in [-0.2, -0.15) is 0 Å². The average molecular weight is 961 g/mol. The highest BCUT2D eigenvalue weighted by Gasteiger charge is 2.18. The highest BCUT2D eigenvalue weighted by Crippen LogP contribution is 2.18. The number of allylic oxidation sites excluding steroid dienone is 1. The summed E-state index contributed by atoms with van der Waals surface area (Å²) in [5.41, 5.74) is 0. The maximum absolute atomic E-state index is 12.5. The minimum absolute atomic E-state index is 0.00572. The summed E-state index contributed by atoms with van der Waals surface area (Å²) in [6.45, 7) is 4.91. The van der Waals surface area contributed by atoms with Crippen molar-refractivity contribution in [3.8, 4) is 0 Å². The maximum atomic E-state index is 12.5. The quantitative estimate of drug-likeness (QED) is 0.0321. The van der Waals surface area contributed by atoms with Gasteiger partial charge in [-0.05, 0) is 32.1 Å². The zero-order valence-corrected chi connectivity index (χ0v) is 46.1. The molecule has 0 aromatic rings. The fraction of sp³-hybridized carbons (Fsp3) is 0.935. The minimum atomic E-state index is -0.855. The van der Waals surface area contributed by atoms with Crippen LogP contribution >= 0.6 is 0 Å². The average Bonchev–Trinajstić information content (AvgIpc) is 3.34. The summed E-state index contributed by atoms with van der Waals surface area (Å²) in [6.07, 6.45) is 69.6. The van der Waals surface area contributed by atoms with E-state index in [0.717, 1.165) is 57.8 Å². The van der Waals surface area contributed by atoms with Gasteiger partial charge in [-0.25, -0.2) is 0 Å². The lowest BCUT2D eigenvalue weighted by atomic mass is 10.0. The third-order valence-corrected chi connectivity index (χ3v) is 14.6. The third-order valence-electron chi connectivity index (χ3n) is 14.6. The number of carbonyl (C=O) groups excluding carboxylic acids is 2. The van der Waals surface area contributed by atoms with Crippen LogP contribution in [0, 0.1) is 0 Å². The molecule has 6 heteroatoms. The van der Waals surface area contributed by atoms with Gasteiger partial charge >= 0.3 is 5.97 Å². The summed E-state index contributed by atoms with van der Waals surface area (Å²) in [7, 11) is 0. The molecule has 0 aromatic heterocycles. The van der Waals surface area contributed by atoms with Crippen LogP contribution in [-0.2, 0) is 14.3 Å². The van der Waals surface area contributed by atoms with Crippen molar-refractivity contribution in [1.29, 1.82) is 0 Å². The molecule has 0 radical (unpaired) electrons. The van der Waals surface area contributed by atoms with Crippen LogP contribution in [-0.4, -0.2) is 47.4 Å². The molecule has 0 aliphatic carbocycles. The number of aliphatic hydroxyl groups excluding tert-OH is 2. The monoisotopic (exact) mass is 960 g/mol. The zero-order valence-electron chi connectivity index (χ0n) is 46.1. The molecule has 0 aliphatic rings. The van der Waals surface area contributed by atoms with Crippen LogP contribution in [0.5, 0.6) is 0 Å². The Labute approximate surface area is 425 Å². The number of esters is 1. The van der Waals surface area contributed by atoms with Crippen molar-refractivity contribution in [2.24, 2.45) is 0 Å². The lowest BCUT2D eigenvalue weighted by Crippen LogP contribution is -2.45. The Hall–Kier alpha value is -1.40. The molecular formula is C62H121NO5. The highest BCUT2D eigenvalue weighted by atomic mass is 16.5. The second-order valence-corrected chi connectivity index (χ2v) is 21.4. The molecule has 6 nitrogen and oxygen atoms in total. The topological polar surface area (TPSA) is 95.9 Å². The highest BCUT2D eigenvalue weighted by molar-refractivity contribution is 5.76.